The quantitative estimate of drug-likeness (QED) is 0.219. The van der Waals surface area contributed by atoms with Gasteiger partial charge in [-0.3, -0.25) is 9.59 Å². The highest BCUT2D eigenvalue weighted by Crippen LogP contribution is 2.39. The summed E-state index contributed by atoms with van der Waals surface area (Å²) in [6.45, 7) is 5.26. The maximum absolute atomic E-state index is 14.1. The molecule has 3 amide bonds. The van der Waals surface area contributed by atoms with Crippen LogP contribution >= 0.6 is 0 Å². The number of piperazine rings is 1. The second-order valence-electron chi connectivity index (χ2n) is 12.6. The van der Waals surface area contributed by atoms with E-state index in [1.807, 2.05) is 0 Å². The molecule has 1 unspecified atom stereocenters. The Kier molecular flexibility index (Phi) is 11.4. The van der Waals surface area contributed by atoms with E-state index in [0.29, 0.717) is 62.0 Å². The zero-order valence-corrected chi connectivity index (χ0v) is 27.3. The van der Waals surface area contributed by atoms with Crippen molar-refractivity contribution in [3.05, 3.63) is 70.0 Å². The van der Waals surface area contributed by atoms with Gasteiger partial charge in [-0.15, -0.1) is 0 Å². The Morgan fingerprint density at radius 1 is 0.938 bits per heavy atom. The highest BCUT2D eigenvalue weighted by molar-refractivity contribution is 5.80. The third-order valence-corrected chi connectivity index (χ3v) is 9.46. The van der Waals surface area contributed by atoms with E-state index in [-0.39, 0.29) is 55.0 Å². The molecule has 0 N–H and O–H groups in total. The molecule has 1 aliphatic heterocycles. The van der Waals surface area contributed by atoms with Gasteiger partial charge in [-0.05, 0) is 99.4 Å². The molecule has 1 saturated carbocycles. The van der Waals surface area contributed by atoms with Gasteiger partial charge in [0.25, 0.3) is 0 Å². The molecule has 0 radical (unpaired) electrons. The minimum atomic E-state index is -5.05. The number of urea groups is 1. The summed E-state index contributed by atoms with van der Waals surface area (Å²) in [6.07, 6.45) is -7.27. The van der Waals surface area contributed by atoms with Crippen molar-refractivity contribution < 1.29 is 49.9 Å². The third kappa shape index (κ3) is 8.59. The summed E-state index contributed by atoms with van der Waals surface area (Å²) >= 11 is 0. The number of hydrogen-bond acceptors (Lipinski definition) is 4. The molecule has 1 saturated heterocycles. The van der Waals surface area contributed by atoms with Crippen LogP contribution in [0.1, 0.15) is 85.9 Å². The Hall–Kier alpha value is -3.84. The summed E-state index contributed by atoms with van der Waals surface area (Å²) < 4.78 is 100. The lowest BCUT2D eigenvalue weighted by Gasteiger charge is -2.45. The molecule has 0 aromatic heterocycles. The lowest BCUT2D eigenvalue weighted by Crippen LogP contribution is -2.56. The van der Waals surface area contributed by atoms with E-state index in [0.717, 1.165) is 4.90 Å². The first kappa shape index (κ1) is 37.0. The van der Waals surface area contributed by atoms with Gasteiger partial charge in [-0.25, -0.2) is 9.18 Å². The van der Waals surface area contributed by atoms with Crippen LogP contribution in [-0.2, 0) is 26.7 Å². The molecular formula is C34H40F7N3O4. The number of halogens is 7. The Morgan fingerprint density at radius 3 is 2.08 bits per heavy atom. The zero-order chi connectivity index (χ0) is 35.6. The van der Waals surface area contributed by atoms with Crippen LogP contribution < -0.4 is 0 Å². The molecule has 2 atom stereocenters. The van der Waals surface area contributed by atoms with Crippen molar-refractivity contribution in [1.82, 2.24) is 14.7 Å². The van der Waals surface area contributed by atoms with Gasteiger partial charge < -0.3 is 19.4 Å². The molecule has 1 heterocycles. The van der Waals surface area contributed by atoms with E-state index in [2.05, 4.69) is 0 Å². The highest BCUT2D eigenvalue weighted by atomic mass is 19.4. The van der Waals surface area contributed by atoms with Gasteiger partial charge in [0, 0.05) is 39.0 Å². The fraction of sp³-hybridized carbons (Fsp3) is 0.559. The van der Waals surface area contributed by atoms with E-state index in [9.17, 15) is 45.1 Å². The Bertz CT molecular complexity index is 1460. The number of carbonyl (C=O) groups excluding carboxylic acids is 3. The molecule has 2 fully saturated rings. The molecule has 0 bridgehead atoms. The number of rotatable bonds is 7. The summed E-state index contributed by atoms with van der Waals surface area (Å²) in [6, 6.07) is 2.63. The van der Waals surface area contributed by atoms with Crippen LogP contribution in [0.15, 0.2) is 36.4 Å². The van der Waals surface area contributed by atoms with Gasteiger partial charge in [0.15, 0.2) is 0 Å². The lowest BCUT2D eigenvalue weighted by molar-refractivity contribution is -0.145. The molecule has 264 valence electrons. The number of benzene rings is 2. The minimum absolute atomic E-state index is 0.0255. The van der Waals surface area contributed by atoms with Gasteiger partial charge in [-0.2, -0.15) is 26.3 Å². The standard InChI is InChI=1S/C34H40F7N3O4/c1-5-48-30(45)15-22-6-8-23(9-7-22)31(46)43-12-13-44(29(19-43)28-11-10-27(35)14-20(28)2)32(47)42(4)21(3)24-16-25(33(36,37)38)18-26(17-24)34(39,40)41/h10-11,14,16-18,21-23,29H,5-9,12-13,15,19H2,1-4H3/t21?,22-,23-,29-/m1/s1. The van der Waals surface area contributed by atoms with Crippen LogP contribution in [0.2, 0.25) is 0 Å². The number of amides is 3. The summed E-state index contributed by atoms with van der Waals surface area (Å²) in [7, 11) is 1.29. The summed E-state index contributed by atoms with van der Waals surface area (Å²) in [4.78, 5) is 43.7. The van der Waals surface area contributed by atoms with Gasteiger partial charge in [0.05, 0.1) is 29.8 Å². The maximum atomic E-state index is 14.1. The normalized spacial score (nSPS) is 21.1. The smallest absolute Gasteiger partial charge is 0.416 e. The van der Waals surface area contributed by atoms with Crippen molar-refractivity contribution in [1.29, 1.82) is 0 Å². The average Bonchev–Trinajstić information content (AvgIpc) is 3.02. The Balaban J connectivity index is 1.56. The monoisotopic (exact) mass is 687 g/mol. The summed E-state index contributed by atoms with van der Waals surface area (Å²) in [5.74, 6) is -1.04. The molecule has 2 aromatic carbocycles. The van der Waals surface area contributed by atoms with Crippen molar-refractivity contribution in [2.45, 2.75) is 77.3 Å². The van der Waals surface area contributed by atoms with Crippen LogP contribution in [0.25, 0.3) is 0 Å². The van der Waals surface area contributed by atoms with Gasteiger partial charge in [0.2, 0.25) is 5.91 Å². The first-order chi connectivity index (χ1) is 22.4. The van der Waals surface area contributed by atoms with Gasteiger partial charge in [0.1, 0.15) is 5.82 Å². The molecule has 1 aliphatic carbocycles. The zero-order valence-electron chi connectivity index (χ0n) is 27.3. The molecule has 48 heavy (non-hydrogen) atoms. The Morgan fingerprint density at radius 2 is 1.54 bits per heavy atom. The molecule has 2 aliphatic rings. The van der Waals surface area contributed by atoms with Crippen molar-refractivity contribution in [3.8, 4) is 0 Å². The molecule has 2 aromatic rings. The van der Waals surface area contributed by atoms with Crippen LogP contribution in [0.3, 0.4) is 0 Å². The SMILES string of the molecule is CCOC(=O)C[C@H]1CC[C@H](C(=O)N2CCN(C(=O)N(C)C(C)c3cc(C(F)(F)F)cc(C(F)(F)F)c3)[C@@H](c3ccc(F)cc3C)C2)CC1. The van der Waals surface area contributed by atoms with Crippen molar-refractivity contribution >= 4 is 17.9 Å². The van der Waals surface area contributed by atoms with E-state index < -0.39 is 47.4 Å². The van der Waals surface area contributed by atoms with Crippen molar-refractivity contribution in [2.75, 3.05) is 33.3 Å². The van der Waals surface area contributed by atoms with Crippen LogP contribution in [-0.4, -0.2) is 65.9 Å². The number of carbonyl (C=O) groups is 3. The van der Waals surface area contributed by atoms with Crippen LogP contribution in [0.4, 0.5) is 35.5 Å². The highest BCUT2D eigenvalue weighted by Gasteiger charge is 2.41. The van der Waals surface area contributed by atoms with Crippen LogP contribution in [0.5, 0.6) is 0 Å². The number of ether oxygens (including phenoxy) is 1. The fourth-order valence-corrected chi connectivity index (χ4v) is 6.63. The summed E-state index contributed by atoms with van der Waals surface area (Å²) in [5.41, 5.74) is -2.26. The number of alkyl halides is 6. The van der Waals surface area contributed by atoms with E-state index in [4.69, 9.17) is 4.74 Å². The maximum Gasteiger partial charge on any atom is 0.416 e. The molecule has 14 heteroatoms. The molecule has 4 rings (SSSR count). The summed E-state index contributed by atoms with van der Waals surface area (Å²) in [5, 5.41) is 0. The average molecular weight is 688 g/mol. The van der Waals surface area contributed by atoms with Gasteiger partial charge >= 0.3 is 24.4 Å². The fourth-order valence-electron chi connectivity index (χ4n) is 6.63. The number of esters is 1. The molecule has 7 nitrogen and oxygen atoms in total. The second kappa shape index (κ2) is 14.7. The van der Waals surface area contributed by atoms with E-state index >= 15 is 0 Å². The van der Waals surface area contributed by atoms with Crippen molar-refractivity contribution in [2.24, 2.45) is 11.8 Å². The van der Waals surface area contributed by atoms with Crippen LogP contribution in [0, 0.1) is 24.6 Å². The van der Waals surface area contributed by atoms with E-state index in [1.54, 1.807) is 18.7 Å². The number of hydrogen-bond donors (Lipinski definition) is 0. The van der Waals surface area contributed by atoms with Crippen molar-refractivity contribution in [3.63, 3.8) is 0 Å². The first-order valence-electron chi connectivity index (χ1n) is 15.9. The number of aryl methyl sites for hydroxylation is 1. The Labute approximate surface area is 275 Å². The minimum Gasteiger partial charge on any atom is -0.466 e. The second-order valence-corrected chi connectivity index (χ2v) is 12.6. The third-order valence-electron chi connectivity index (χ3n) is 9.46. The van der Waals surface area contributed by atoms with Gasteiger partial charge in [-0.1, -0.05) is 6.07 Å². The van der Waals surface area contributed by atoms with E-state index in [1.165, 1.54) is 37.1 Å². The molecule has 0 spiro atoms. The predicted molar refractivity (Wildman–Crippen MR) is 162 cm³/mol. The molecular weight excluding hydrogens is 647 g/mol. The lowest BCUT2D eigenvalue weighted by atomic mass is 9.79. The predicted octanol–water partition coefficient (Wildman–Crippen LogP) is 7.93. The number of nitrogens with zero attached hydrogens (tertiary/aromatic N) is 3. The first-order valence-corrected chi connectivity index (χ1v) is 15.9. The largest absolute Gasteiger partial charge is 0.466 e. The topological polar surface area (TPSA) is 70.2 Å².